The van der Waals surface area contributed by atoms with Gasteiger partial charge in [-0.2, -0.15) is 0 Å². The minimum Gasteiger partial charge on any atom is -0.496 e. The van der Waals surface area contributed by atoms with Crippen molar-refractivity contribution in [1.82, 2.24) is 15.5 Å². The third kappa shape index (κ3) is 8.23. The summed E-state index contributed by atoms with van der Waals surface area (Å²) < 4.78 is 16.7. The van der Waals surface area contributed by atoms with Gasteiger partial charge in [0.25, 0.3) is 0 Å². The monoisotopic (exact) mass is 560 g/mol. The van der Waals surface area contributed by atoms with Crippen molar-refractivity contribution in [2.24, 2.45) is 4.99 Å². The maximum Gasteiger partial charge on any atom is 0.191 e. The maximum absolute atomic E-state index is 5.79. The molecule has 0 bridgehead atoms. The average molecular weight is 561 g/mol. The van der Waals surface area contributed by atoms with Crippen LogP contribution in [0.2, 0.25) is 0 Å². The van der Waals surface area contributed by atoms with Crippen molar-refractivity contribution in [1.29, 1.82) is 0 Å². The summed E-state index contributed by atoms with van der Waals surface area (Å²) in [5, 5.41) is 8.93. The number of guanidine groups is 1. The molecule has 2 aromatic rings. The number of aliphatic imine (C=N–C) groups is 1. The second-order valence-electron chi connectivity index (χ2n) is 6.92. The molecule has 2 N–H and O–H groups in total. The molecule has 7 nitrogen and oxygen atoms in total. The van der Waals surface area contributed by atoms with Crippen LogP contribution in [-0.2, 0) is 16.1 Å². The van der Waals surface area contributed by atoms with Gasteiger partial charge in [0.2, 0.25) is 0 Å². The number of nitrogens with one attached hydrogen (secondary N) is 2. The van der Waals surface area contributed by atoms with E-state index in [2.05, 4.69) is 38.0 Å². The number of thiophene rings is 1. The van der Waals surface area contributed by atoms with Gasteiger partial charge in [-0.05, 0) is 17.5 Å². The second kappa shape index (κ2) is 14.6. The Kier molecular flexibility index (Phi) is 12.2. The number of morpholine rings is 1. The van der Waals surface area contributed by atoms with E-state index in [0.717, 1.165) is 50.1 Å². The normalized spacial score (nSPS) is 15.7. The van der Waals surface area contributed by atoms with Crippen LogP contribution in [0.5, 0.6) is 5.75 Å². The Morgan fingerprint density at radius 1 is 1.19 bits per heavy atom. The Morgan fingerprint density at radius 2 is 2.00 bits per heavy atom. The van der Waals surface area contributed by atoms with Crippen molar-refractivity contribution in [3.05, 3.63) is 52.2 Å². The first kappa shape index (κ1) is 25.9. The van der Waals surface area contributed by atoms with Crippen LogP contribution in [-0.4, -0.2) is 71.0 Å². The first-order valence-corrected chi connectivity index (χ1v) is 11.2. The average Bonchev–Trinajstić information content (AvgIpc) is 3.33. The van der Waals surface area contributed by atoms with E-state index < -0.39 is 0 Å². The van der Waals surface area contributed by atoms with Crippen molar-refractivity contribution >= 4 is 41.3 Å². The fourth-order valence-corrected chi connectivity index (χ4v) is 4.30. The van der Waals surface area contributed by atoms with Crippen LogP contribution in [0, 0.1) is 0 Å². The van der Waals surface area contributed by atoms with Gasteiger partial charge in [0, 0.05) is 43.7 Å². The molecule has 0 spiro atoms. The molecule has 1 atom stereocenters. The number of hydrogen-bond acceptors (Lipinski definition) is 6. The molecule has 1 unspecified atom stereocenters. The van der Waals surface area contributed by atoms with Gasteiger partial charge in [-0.25, -0.2) is 0 Å². The number of halogens is 1. The fourth-order valence-electron chi connectivity index (χ4n) is 3.44. The molecule has 1 aliphatic rings. The minimum atomic E-state index is 0. The summed E-state index contributed by atoms with van der Waals surface area (Å²) in [6, 6.07) is 12.5. The Balaban J connectivity index is 0.00000341. The summed E-state index contributed by atoms with van der Waals surface area (Å²) in [5.74, 6) is 1.64. The quantitative estimate of drug-likeness (QED) is 0.202. The summed E-state index contributed by atoms with van der Waals surface area (Å²) >= 11 is 1.80. The molecule has 0 radical (unpaired) electrons. The molecular formula is C22H33IN4O3S. The molecule has 3 rings (SSSR count). The van der Waals surface area contributed by atoms with Gasteiger partial charge in [0.05, 0.1) is 39.6 Å². The number of benzene rings is 1. The molecule has 1 aliphatic heterocycles. The topological polar surface area (TPSA) is 67.4 Å². The number of hydrogen-bond donors (Lipinski definition) is 2. The molecule has 1 aromatic heterocycles. The molecule has 1 aromatic carbocycles. The predicted molar refractivity (Wildman–Crippen MR) is 137 cm³/mol. The zero-order chi connectivity index (χ0) is 21.0. The van der Waals surface area contributed by atoms with Crippen LogP contribution in [0.1, 0.15) is 16.5 Å². The third-order valence-electron chi connectivity index (χ3n) is 5.03. The molecule has 2 heterocycles. The zero-order valence-electron chi connectivity index (χ0n) is 18.2. The largest absolute Gasteiger partial charge is 0.496 e. The summed E-state index contributed by atoms with van der Waals surface area (Å²) in [6.07, 6.45) is 0. The number of ether oxygens (including phenoxy) is 3. The first-order chi connectivity index (χ1) is 14.8. The van der Waals surface area contributed by atoms with E-state index in [1.165, 1.54) is 4.88 Å². The van der Waals surface area contributed by atoms with Gasteiger partial charge < -0.3 is 24.8 Å². The van der Waals surface area contributed by atoms with E-state index in [1.807, 2.05) is 24.3 Å². The van der Waals surface area contributed by atoms with E-state index in [9.17, 15) is 0 Å². The molecule has 0 aliphatic carbocycles. The number of methoxy groups -OCH3 is 1. The third-order valence-corrected chi connectivity index (χ3v) is 6.01. The highest BCUT2D eigenvalue weighted by Gasteiger charge is 2.23. The lowest BCUT2D eigenvalue weighted by atomic mass is 10.2. The van der Waals surface area contributed by atoms with E-state index in [-0.39, 0.29) is 24.0 Å². The van der Waals surface area contributed by atoms with Crippen LogP contribution in [0.4, 0.5) is 0 Å². The lowest BCUT2D eigenvalue weighted by Crippen LogP contribution is -2.46. The Labute approximate surface area is 206 Å². The number of rotatable bonds is 10. The maximum atomic E-state index is 5.79. The number of nitrogens with zero attached hydrogens (tertiary/aromatic N) is 2. The first-order valence-electron chi connectivity index (χ1n) is 10.3. The van der Waals surface area contributed by atoms with Crippen LogP contribution in [0.15, 0.2) is 46.8 Å². The summed E-state index contributed by atoms with van der Waals surface area (Å²) in [6.45, 7) is 6.06. The van der Waals surface area contributed by atoms with E-state index >= 15 is 0 Å². The van der Waals surface area contributed by atoms with E-state index in [1.54, 1.807) is 25.5 Å². The smallest absolute Gasteiger partial charge is 0.191 e. The Hall–Kier alpha value is -1.40. The Bertz CT molecular complexity index is 770. The predicted octanol–water partition coefficient (Wildman–Crippen LogP) is 3.13. The standard InChI is InChI=1S/C22H32N4O3S.HI/c1-23-22(24-9-12-29-17-18-6-3-4-7-20(18)27-2)25-16-19(21-8-5-15-30-21)26-10-13-28-14-11-26;/h3-8,15,19H,9-14,16-17H2,1-2H3,(H2,23,24,25);1H. The lowest BCUT2D eigenvalue weighted by molar-refractivity contribution is 0.0177. The highest BCUT2D eigenvalue weighted by atomic mass is 127. The van der Waals surface area contributed by atoms with Gasteiger partial charge in [0.15, 0.2) is 5.96 Å². The molecule has 1 fully saturated rings. The van der Waals surface area contributed by atoms with Crippen LogP contribution < -0.4 is 15.4 Å². The molecule has 31 heavy (non-hydrogen) atoms. The van der Waals surface area contributed by atoms with Crippen molar-refractivity contribution in [3.8, 4) is 5.75 Å². The second-order valence-corrected chi connectivity index (χ2v) is 7.90. The fraction of sp³-hybridized carbons (Fsp3) is 0.500. The molecule has 172 valence electrons. The Morgan fingerprint density at radius 3 is 2.71 bits per heavy atom. The van der Waals surface area contributed by atoms with Gasteiger partial charge in [0.1, 0.15) is 5.75 Å². The highest BCUT2D eigenvalue weighted by Crippen LogP contribution is 2.25. The molecule has 1 saturated heterocycles. The van der Waals surface area contributed by atoms with Crippen LogP contribution in [0.25, 0.3) is 0 Å². The van der Waals surface area contributed by atoms with Crippen molar-refractivity contribution in [2.75, 3.05) is 60.2 Å². The van der Waals surface area contributed by atoms with E-state index in [4.69, 9.17) is 14.2 Å². The van der Waals surface area contributed by atoms with Gasteiger partial charge in [-0.15, -0.1) is 35.3 Å². The molecular weight excluding hydrogens is 527 g/mol. The van der Waals surface area contributed by atoms with Crippen LogP contribution >= 0.6 is 35.3 Å². The minimum absolute atomic E-state index is 0. The van der Waals surface area contributed by atoms with Crippen molar-refractivity contribution < 1.29 is 14.2 Å². The summed E-state index contributed by atoms with van der Waals surface area (Å²) in [4.78, 5) is 8.19. The summed E-state index contributed by atoms with van der Waals surface area (Å²) in [7, 11) is 3.47. The number of para-hydroxylation sites is 1. The van der Waals surface area contributed by atoms with Gasteiger partial charge in [-0.3, -0.25) is 9.89 Å². The SMILES string of the molecule is CN=C(NCCOCc1ccccc1OC)NCC(c1cccs1)N1CCOCC1.I. The van der Waals surface area contributed by atoms with Crippen molar-refractivity contribution in [3.63, 3.8) is 0 Å². The highest BCUT2D eigenvalue weighted by molar-refractivity contribution is 14.0. The zero-order valence-corrected chi connectivity index (χ0v) is 21.4. The van der Waals surface area contributed by atoms with Crippen LogP contribution in [0.3, 0.4) is 0 Å². The van der Waals surface area contributed by atoms with Gasteiger partial charge >= 0.3 is 0 Å². The lowest BCUT2D eigenvalue weighted by Gasteiger charge is -2.34. The molecule has 9 heteroatoms. The van der Waals surface area contributed by atoms with Crippen molar-refractivity contribution in [2.45, 2.75) is 12.6 Å². The molecule has 0 saturated carbocycles. The van der Waals surface area contributed by atoms with Gasteiger partial charge in [-0.1, -0.05) is 24.3 Å². The summed E-state index contributed by atoms with van der Waals surface area (Å²) in [5.41, 5.74) is 1.05. The molecule has 0 amide bonds. The van der Waals surface area contributed by atoms with E-state index in [0.29, 0.717) is 25.8 Å².